The van der Waals surface area contributed by atoms with Gasteiger partial charge in [0.05, 0.1) is 12.8 Å². The third-order valence-corrected chi connectivity index (χ3v) is 4.63. The van der Waals surface area contributed by atoms with Gasteiger partial charge in [0.1, 0.15) is 17.6 Å². The number of carbonyl (C=O) groups excluding carboxylic acids is 1. The first-order valence-electron chi connectivity index (χ1n) is 8.63. The lowest BCUT2D eigenvalue weighted by Gasteiger charge is -2.25. The Morgan fingerprint density at radius 3 is 2.68 bits per heavy atom. The zero-order valence-electron chi connectivity index (χ0n) is 14.6. The van der Waals surface area contributed by atoms with E-state index in [-0.39, 0.29) is 23.7 Å². The van der Waals surface area contributed by atoms with Crippen molar-refractivity contribution in [2.45, 2.75) is 45.4 Å². The van der Waals surface area contributed by atoms with E-state index < -0.39 is 0 Å². The van der Waals surface area contributed by atoms with Gasteiger partial charge in [-0.15, -0.1) is 0 Å². The van der Waals surface area contributed by atoms with E-state index in [2.05, 4.69) is 24.7 Å². The van der Waals surface area contributed by atoms with Crippen LogP contribution in [0.2, 0.25) is 0 Å². The number of amides is 1. The van der Waals surface area contributed by atoms with Crippen molar-refractivity contribution in [1.29, 1.82) is 0 Å². The minimum absolute atomic E-state index is 0.00435. The molecule has 0 saturated carbocycles. The predicted octanol–water partition coefficient (Wildman–Crippen LogP) is 2.41. The summed E-state index contributed by atoms with van der Waals surface area (Å²) in [4.78, 5) is 14.8. The van der Waals surface area contributed by atoms with Crippen LogP contribution in [0.3, 0.4) is 0 Å². The normalized spacial score (nSPS) is 20.1. The van der Waals surface area contributed by atoms with Crippen LogP contribution < -0.4 is 10.9 Å². The molecule has 2 heterocycles. The molecular weight excluding hydrogens is 318 g/mol. The molecule has 134 valence electrons. The molecule has 1 aliphatic rings. The summed E-state index contributed by atoms with van der Waals surface area (Å²) in [6.45, 7) is 4.96. The monoisotopic (exact) mass is 343 g/mol. The third-order valence-electron chi connectivity index (χ3n) is 4.63. The van der Waals surface area contributed by atoms with Crippen molar-refractivity contribution in [1.82, 2.24) is 15.8 Å². The molecule has 1 fully saturated rings. The van der Waals surface area contributed by atoms with Crippen molar-refractivity contribution in [3.63, 3.8) is 0 Å². The van der Waals surface area contributed by atoms with E-state index in [1.807, 2.05) is 24.3 Å². The van der Waals surface area contributed by atoms with Crippen molar-refractivity contribution >= 4 is 5.91 Å². The average molecular weight is 343 g/mol. The summed E-state index contributed by atoms with van der Waals surface area (Å²) in [5, 5.41) is 10.1. The molecule has 1 saturated heterocycles. The second kappa shape index (κ2) is 7.72. The van der Waals surface area contributed by atoms with Crippen LogP contribution in [0.4, 0.5) is 0 Å². The zero-order valence-corrected chi connectivity index (χ0v) is 14.6. The maximum absolute atomic E-state index is 13.1. The van der Waals surface area contributed by atoms with Crippen LogP contribution in [0.5, 0.6) is 5.75 Å². The van der Waals surface area contributed by atoms with Gasteiger partial charge in [-0.1, -0.05) is 32.0 Å². The summed E-state index contributed by atoms with van der Waals surface area (Å²) < 4.78 is 5.41. The van der Waals surface area contributed by atoms with E-state index >= 15 is 0 Å². The highest BCUT2D eigenvalue weighted by Crippen LogP contribution is 2.22. The highest BCUT2D eigenvalue weighted by molar-refractivity contribution is 5.82. The lowest BCUT2D eigenvalue weighted by atomic mass is 9.99. The first-order valence-corrected chi connectivity index (χ1v) is 8.63. The Morgan fingerprint density at radius 1 is 1.24 bits per heavy atom. The summed E-state index contributed by atoms with van der Waals surface area (Å²) in [5.41, 5.74) is 7.04. The minimum Gasteiger partial charge on any atom is -0.508 e. The van der Waals surface area contributed by atoms with Gasteiger partial charge in [-0.25, -0.2) is 5.43 Å². The number of furan rings is 1. The summed E-state index contributed by atoms with van der Waals surface area (Å²) in [5.74, 6) is 1.35. The SMILES string of the molecule is CC(C)C1CC(C(=O)N(Cc2ccco2)Cc2ccccc2O)NN1. The minimum atomic E-state index is -0.284. The summed E-state index contributed by atoms with van der Waals surface area (Å²) >= 11 is 0. The first kappa shape index (κ1) is 17.5. The lowest BCUT2D eigenvalue weighted by Crippen LogP contribution is -2.45. The summed E-state index contributed by atoms with van der Waals surface area (Å²) in [7, 11) is 0. The highest BCUT2D eigenvalue weighted by atomic mass is 16.3. The lowest BCUT2D eigenvalue weighted by molar-refractivity contribution is -0.134. The Hall–Kier alpha value is -2.31. The molecule has 1 aliphatic heterocycles. The summed E-state index contributed by atoms with van der Waals surface area (Å²) in [6.07, 6.45) is 2.34. The molecule has 3 rings (SSSR count). The van der Waals surface area contributed by atoms with Crippen LogP contribution in [-0.4, -0.2) is 28.0 Å². The largest absolute Gasteiger partial charge is 0.508 e. The molecule has 0 radical (unpaired) electrons. The predicted molar refractivity (Wildman–Crippen MR) is 94.4 cm³/mol. The van der Waals surface area contributed by atoms with E-state index in [4.69, 9.17) is 4.42 Å². The molecule has 0 aliphatic carbocycles. The second-order valence-electron chi connectivity index (χ2n) is 6.83. The zero-order chi connectivity index (χ0) is 17.8. The second-order valence-corrected chi connectivity index (χ2v) is 6.83. The molecule has 6 heteroatoms. The molecule has 1 aromatic carbocycles. The first-order chi connectivity index (χ1) is 12.0. The number of phenols is 1. The molecule has 3 N–H and O–H groups in total. The fraction of sp³-hybridized carbons (Fsp3) is 0.421. The van der Waals surface area contributed by atoms with Crippen LogP contribution in [0.25, 0.3) is 0 Å². The van der Waals surface area contributed by atoms with Gasteiger partial charge in [0.25, 0.3) is 0 Å². The van der Waals surface area contributed by atoms with Gasteiger partial charge >= 0.3 is 0 Å². The van der Waals surface area contributed by atoms with Crippen LogP contribution >= 0.6 is 0 Å². The van der Waals surface area contributed by atoms with E-state index in [1.165, 1.54) is 0 Å². The van der Waals surface area contributed by atoms with E-state index in [1.54, 1.807) is 23.3 Å². The van der Waals surface area contributed by atoms with Gasteiger partial charge < -0.3 is 14.4 Å². The molecule has 0 bridgehead atoms. The Morgan fingerprint density at radius 2 is 2.04 bits per heavy atom. The third kappa shape index (κ3) is 4.21. The van der Waals surface area contributed by atoms with Crippen molar-refractivity contribution < 1.29 is 14.3 Å². The van der Waals surface area contributed by atoms with E-state index in [9.17, 15) is 9.90 Å². The van der Waals surface area contributed by atoms with Gasteiger partial charge in [0.15, 0.2) is 0 Å². The maximum Gasteiger partial charge on any atom is 0.241 e. The van der Waals surface area contributed by atoms with Gasteiger partial charge in [0, 0.05) is 18.2 Å². The number of para-hydroxylation sites is 1. The highest BCUT2D eigenvalue weighted by Gasteiger charge is 2.33. The van der Waals surface area contributed by atoms with E-state index in [0.29, 0.717) is 24.6 Å². The Balaban J connectivity index is 1.76. The molecule has 1 amide bonds. The number of hydrogen-bond donors (Lipinski definition) is 3. The molecule has 6 nitrogen and oxygen atoms in total. The van der Waals surface area contributed by atoms with Crippen LogP contribution in [0.15, 0.2) is 47.1 Å². The number of benzene rings is 1. The van der Waals surface area contributed by atoms with Crippen molar-refractivity contribution in [2.24, 2.45) is 5.92 Å². The molecule has 2 unspecified atom stereocenters. The Labute approximate surface area is 147 Å². The molecule has 25 heavy (non-hydrogen) atoms. The quantitative estimate of drug-likeness (QED) is 0.751. The molecule has 0 spiro atoms. The smallest absolute Gasteiger partial charge is 0.241 e. The Bertz CT molecular complexity index is 700. The fourth-order valence-corrected chi connectivity index (χ4v) is 3.05. The standard InChI is InChI=1S/C19H25N3O3/c1-13(2)16-10-17(21-20-16)19(24)22(12-15-7-5-9-25-15)11-14-6-3-4-8-18(14)23/h3-9,13,16-17,20-21,23H,10-12H2,1-2H3. The summed E-state index contributed by atoms with van der Waals surface area (Å²) in [6, 6.07) is 10.7. The van der Waals surface area contributed by atoms with Gasteiger partial charge in [-0.05, 0) is 30.5 Å². The van der Waals surface area contributed by atoms with Crippen LogP contribution in [0, 0.1) is 5.92 Å². The number of hydrazine groups is 1. The van der Waals surface area contributed by atoms with Gasteiger partial charge in [-0.3, -0.25) is 10.2 Å². The fourth-order valence-electron chi connectivity index (χ4n) is 3.05. The molecule has 2 atom stereocenters. The number of phenolic OH excluding ortho intramolecular Hbond substituents is 1. The topological polar surface area (TPSA) is 77.7 Å². The number of rotatable bonds is 6. The molecular formula is C19H25N3O3. The van der Waals surface area contributed by atoms with Crippen LogP contribution in [0.1, 0.15) is 31.6 Å². The number of nitrogens with zero attached hydrogens (tertiary/aromatic N) is 1. The number of hydrogen-bond acceptors (Lipinski definition) is 5. The average Bonchev–Trinajstić information content (AvgIpc) is 3.27. The number of aromatic hydroxyl groups is 1. The van der Waals surface area contributed by atoms with Crippen molar-refractivity contribution in [3.05, 3.63) is 54.0 Å². The maximum atomic E-state index is 13.1. The van der Waals surface area contributed by atoms with Crippen molar-refractivity contribution in [3.8, 4) is 5.75 Å². The van der Waals surface area contributed by atoms with Gasteiger partial charge in [-0.2, -0.15) is 0 Å². The molecule has 2 aromatic rings. The number of carbonyl (C=O) groups is 1. The number of nitrogens with one attached hydrogen (secondary N) is 2. The molecule has 1 aromatic heterocycles. The van der Waals surface area contributed by atoms with E-state index in [0.717, 1.165) is 12.2 Å². The van der Waals surface area contributed by atoms with Crippen molar-refractivity contribution in [2.75, 3.05) is 0 Å². The van der Waals surface area contributed by atoms with Crippen LogP contribution in [-0.2, 0) is 17.9 Å². The van der Waals surface area contributed by atoms with Gasteiger partial charge in [0.2, 0.25) is 5.91 Å². The Kier molecular flexibility index (Phi) is 5.40.